The lowest BCUT2D eigenvalue weighted by Crippen LogP contribution is -2.16. The first kappa shape index (κ1) is 11.8. The number of nitrogen functional groups attached to an aromatic ring is 1. The smallest absolute Gasteiger partial charge is 0.335 e. The van der Waals surface area contributed by atoms with Gasteiger partial charge in [-0.1, -0.05) is 6.92 Å². The van der Waals surface area contributed by atoms with Crippen LogP contribution >= 0.6 is 0 Å². The van der Waals surface area contributed by atoms with Crippen molar-refractivity contribution >= 4 is 17.3 Å². The van der Waals surface area contributed by atoms with Crippen LogP contribution in [0.3, 0.4) is 0 Å². The molecule has 2 atom stereocenters. The maximum absolute atomic E-state index is 10.9. The van der Waals surface area contributed by atoms with Gasteiger partial charge >= 0.3 is 5.97 Å². The molecule has 2 rings (SSSR count). The summed E-state index contributed by atoms with van der Waals surface area (Å²) in [6.45, 7) is 2.23. The predicted octanol–water partition coefficient (Wildman–Crippen LogP) is 2.57. The molecule has 0 spiro atoms. The van der Waals surface area contributed by atoms with Crippen LogP contribution in [0.25, 0.3) is 0 Å². The van der Waals surface area contributed by atoms with E-state index in [4.69, 9.17) is 10.8 Å². The Morgan fingerprint density at radius 2 is 2.24 bits per heavy atom. The number of carbonyl (C=O) groups is 1. The van der Waals surface area contributed by atoms with E-state index in [1.165, 1.54) is 12.5 Å². The average molecular weight is 234 g/mol. The van der Waals surface area contributed by atoms with Crippen molar-refractivity contribution in [3.8, 4) is 0 Å². The average Bonchev–Trinajstić information content (AvgIpc) is 2.67. The maximum atomic E-state index is 10.9. The molecule has 0 saturated heterocycles. The molecule has 4 N–H and O–H groups in total. The van der Waals surface area contributed by atoms with Crippen LogP contribution in [0, 0.1) is 5.92 Å². The second-order valence-corrected chi connectivity index (χ2v) is 4.87. The van der Waals surface area contributed by atoms with Gasteiger partial charge in [0.15, 0.2) is 0 Å². The van der Waals surface area contributed by atoms with Crippen molar-refractivity contribution in [2.24, 2.45) is 5.92 Å². The van der Waals surface area contributed by atoms with Gasteiger partial charge < -0.3 is 16.2 Å². The van der Waals surface area contributed by atoms with Crippen LogP contribution in [0.15, 0.2) is 18.2 Å². The van der Waals surface area contributed by atoms with Crippen molar-refractivity contribution < 1.29 is 9.90 Å². The third-order valence-electron chi connectivity index (χ3n) is 3.35. The van der Waals surface area contributed by atoms with E-state index in [-0.39, 0.29) is 5.56 Å². The maximum Gasteiger partial charge on any atom is 0.335 e. The van der Waals surface area contributed by atoms with Gasteiger partial charge in [-0.05, 0) is 43.4 Å². The largest absolute Gasteiger partial charge is 0.478 e. The predicted molar refractivity (Wildman–Crippen MR) is 68.2 cm³/mol. The molecule has 2 unspecified atom stereocenters. The van der Waals surface area contributed by atoms with Crippen molar-refractivity contribution in [3.63, 3.8) is 0 Å². The second-order valence-electron chi connectivity index (χ2n) is 4.87. The molecule has 92 valence electrons. The first-order valence-corrected chi connectivity index (χ1v) is 5.95. The molecule has 1 aromatic rings. The Hall–Kier alpha value is -1.71. The molecular weight excluding hydrogens is 216 g/mol. The third kappa shape index (κ3) is 2.70. The van der Waals surface area contributed by atoms with Crippen molar-refractivity contribution in [1.29, 1.82) is 0 Å². The number of hydrogen-bond acceptors (Lipinski definition) is 3. The fourth-order valence-corrected chi connectivity index (χ4v) is 2.37. The summed E-state index contributed by atoms with van der Waals surface area (Å²) in [7, 11) is 0. The first-order valence-electron chi connectivity index (χ1n) is 5.95. The SMILES string of the molecule is CC1CCC(Nc2cc(C(=O)O)ccc2N)C1. The Morgan fingerprint density at radius 3 is 2.82 bits per heavy atom. The third-order valence-corrected chi connectivity index (χ3v) is 3.35. The fourth-order valence-electron chi connectivity index (χ4n) is 2.37. The highest BCUT2D eigenvalue weighted by Gasteiger charge is 2.21. The summed E-state index contributed by atoms with van der Waals surface area (Å²) in [4.78, 5) is 10.9. The lowest BCUT2D eigenvalue weighted by Gasteiger charge is -2.16. The van der Waals surface area contributed by atoms with Crippen molar-refractivity contribution in [1.82, 2.24) is 0 Å². The van der Waals surface area contributed by atoms with Gasteiger partial charge in [0.25, 0.3) is 0 Å². The molecule has 0 aliphatic heterocycles. The minimum absolute atomic E-state index is 0.271. The van der Waals surface area contributed by atoms with E-state index in [9.17, 15) is 4.79 Å². The monoisotopic (exact) mass is 234 g/mol. The zero-order valence-electron chi connectivity index (χ0n) is 9.94. The number of aromatic carboxylic acids is 1. The van der Waals surface area contributed by atoms with Crippen LogP contribution in [-0.4, -0.2) is 17.1 Å². The summed E-state index contributed by atoms with van der Waals surface area (Å²) in [5.74, 6) is -0.191. The van der Waals surface area contributed by atoms with Crippen molar-refractivity contribution in [2.75, 3.05) is 11.1 Å². The van der Waals surface area contributed by atoms with Crippen molar-refractivity contribution in [2.45, 2.75) is 32.2 Å². The summed E-state index contributed by atoms with van der Waals surface area (Å²) in [6.07, 6.45) is 3.46. The van der Waals surface area contributed by atoms with Gasteiger partial charge in [0, 0.05) is 6.04 Å². The Morgan fingerprint density at radius 1 is 1.47 bits per heavy atom. The number of carboxylic acid groups (broad SMARTS) is 1. The molecule has 0 heterocycles. The molecule has 1 aliphatic rings. The number of carboxylic acids is 1. The highest BCUT2D eigenvalue weighted by molar-refractivity contribution is 5.90. The minimum Gasteiger partial charge on any atom is -0.478 e. The number of nitrogens with two attached hydrogens (primary N) is 1. The molecule has 17 heavy (non-hydrogen) atoms. The molecule has 0 bridgehead atoms. The lowest BCUT2D eigenvalue weighted by atomic mass is 10.1. The van der Waals surface area contributed by atoms with E-state index in [1.807, 2.05) is 0 Å². The van der Waals surface area contributed by atoms with E-state index in [0.717, 1.165) is 24.4 Å². The van der Waals surface area contributed by atoms with Gasteiger partial charge in [-0.25, -0.2) is 4.79 Å². The van der Waals surface area contributed by atoms with E-state index in [1.54, 1.807) is 12.1 Å². The Balaban J connectivity index is 2.14. The van der Waals surface area contributed by atoms with Crippen LogP contribution in [0.2, 0.25) is 0 Å². The molecule has 1 fully saturated rings. The number of hydrogen-bond donors (Lipinski definition) is 3. The van der Waals surface area contributed by atoms with Crippen LogP contribution in [0.5, 0.6) is 0 Å². The van der Waals surface area contributed by atoms with E-state index in [2.05, 4.69) is 12.2 Å². The number of benzene rings is 1. The molecule has 4 nitrogen and oxygen atoms in total. The molecule has 1 aliphatic carbocycles. The summed E-state index contributed by atoms with van der Waals surface area (Å²) < 4.78 is 0. The number of rotatable bonds is 3. The minimum atomic E-state index is -0.923. The topological polar surface area (TPSA) is 75.3 Å². The van der Waals surface area contributed by atoms with Gasteiger partial charge in [0.05, 0.1) is 16.9 Å². The Kier molecular flexibility index (Phi) is 3.22. The molecule has 0 radical (unpaired) electrons. The number of anilines is 2. The Labute approximate surface area is 101 Å². The molecule has 0 amide bonds. The highest BCUT2D eigenvalue weighted by atomic mass is 16.4. The van der Waals surface area contributed by atoms with Crippen molar-refractivity contribution in [3.05, 3.63) is 23.8 Å². The number of nitrogens with one attached hydrogen (secondary N) is 1. The van der Waals surface area contributed by atoms with Gasteiger partial charge in [-0.2, -0.15) is 0 Å². The van der Waals surface area contributed by atoms with Gasteiger partial charge in [-0.3, -0.25) is 0 Å². The molecule has 0 aromatic heterocycles. The molecule has 1 aromatic carbocycles. The second kappa shape index (κ2) is 4.65. The molecule has 4 heteroatoms. The Bertz CT molecular complexity index is 431. The normalized spacial score (nSPS) is 23.6. The zero-order chi connectivity index (χ0) is 12.4. The van der Waals surface area contributed by atoms with Gasteiger partial charge in [-0.15, -0.1) is 0 Å². The standard InChI is InChI=1S/C13H18N2O2/c1-8-2-4-10(6-8)15-12-7-9(13(16)17)3-5-11(12)14/h3,5,7-8,10,15H,2,4,6,14H2,1H3,(H,16,17). The zero-order valence-corrected chi connectivity index (χ0v) is 9.94. The van der Waals surface area contributed by atoms with E-state index in [0.29, 0.717) is 11.7 Å². The van der Waals surface area contributed by atoms with Crippen LogP contribution in [0.1, 0.15) is 36.5 Å². The summed E-state index contributed by atoms with van der Waals surface area (Å²) >= 11 is 0. The highest BCUT2D eigenvalue weighted by Crippen LogP contribution is 2.29. The van der Waals surface area contributed by atoms with E-state index < -0.39 is 5.97 Å². The summed E-state index contributed by atoms with van der Waals surface area (Å²) in [5.41, 5.74) is 7.46. The van der Waals surface area contributed by atoms with Crippen LogP contribution < -0.4 is 11.1 Å². The lowest BCUT2D eigenvalue weighted by molar-refractivity contribution is 0.0697. The van der Waals surface area contributed by atoms with E-state index >= 15 is 0 Å². The quantitative estimate of drug-likeness (QED) is 0.702. The fraction of sp³-hybridized carbons (Fsp3) is 0.462. The van der Waals surface area contributed by atoms with Crippen LogP contribution in [-0.2, 0) is 0 Å². The summed E-state index contributed by atoms with van der Waals surface area (Å²) in [5, 5.41) is 12.3. The van der Waals surface area contributed by atoms with Gasteiger partial charge in [0.2, 0.25) is 0 Å². The molecule has 1 saturated carbocycles. The van der Waals surface area contributed by atoms with Crippen LogP contribution in [0.4, 0.5) is 11.4 Å². The van der Waals surface area contributed by atoms with Gasteiger partial charge in [0.1, 0.15) is 0 Å². The summed E-state index contributed by atoms with van der Waals surface area (Å²) in [6, 6.07) is 5.20. The first-order chi connectivity index (χ1) is 8.06. The molecular formula is C13H18N2O2.